The third-order valence-electron chi connectivity index (χ3n) is 2.57. The van der Waals surface area contributed by atoms with E-state index in [1.165, 1.54) is 16.8 Å². The van der Waals surface area contributed by atoms with E-state index < -0.39 is 0 Å². The maximum atomic E-state index is 4.35. The van der Waals surface area contributed by atoms with E-state index in [1.54, 1.807) is 0 Å². The third-order valence-corrected chi connectivity index (χ3v) is 3.26. The number of aromatic nitrogens is 2. The second-order valence-electron chi connectivity index (χ2n) is 3.44. The molecule has 2 aromatic rings. The molecule has 15 heavy (non-hydrogen) atoms. The molecule has 2 nitrogen and oxygen atoms in total. The molecule has 2 rings (SSSR count). The summed E-state index contributed by atoms with van der Waals surface area (Å²) in [7, 11) is 0. The number of benzene rings is 1. The van der Waals surface area contributed by atoms with Crippen molar-refractivity contribution in [1.82, 2.24) is 9.78 Å². The van der Waals surface area contributed by atoms with Gasteiger partial charge in [-0.05, 0) is 25.5 Å². The van der Waals surface area contributed by atoms with E-state index in [9.17, 15) is 0 Å². The first kappa shape index (κ1) is 10.4. The minimum Gasteiger partial charge on any atom is -0.270 e. The number of halogens is 1. The van der Waals surface area contributed by atoms with Crippen LogP contribution < -0.4 is 0 Å². The highest BCUT2D eigenvalue weighted by Crippen LogP contribution is 2.29. The van der Waals surface area contributed by atoms with Gasteiger partial charge in [-0.1, -0.05) is 34.1 Å². The van der Waals surface area contributed by atoms with Crippen molar-refractivity contribution in [2.75, 3.05) is 0 Å². The van der Waals surface area contributed by atoms with E-state index in [0.29, 0.717) is 0 Å². The van der Waals surface area contributed by atoms with Crippen LogP contribution in [-0.2, 0) is 6.54 Å². The second kappa shape index (κ2) is 4.19. The van der Waals surface area contributed by atoms with Gasteiger partial charge in [0, 0.05) is 22.3 Å². The monoisotopic (exact) mass is 264 g/mol. The van der Waals surface area contributed by atoms with Gasteiger partial charge in [-0.25, -0.2) is 0 Å². The first-order chi connectivity index (χ1) is 7.24. The molecule has 0 saturated carbocycles. The Balaban J connectivity index is 2.55. The molecule has 0 fully saturated rings. The van der Waals surface area contributed by atoms with Gasteiger partial charge in [0.15, 0.2) is 0 Å². The number of rotatable bonds is 2. The molecule has 0 atom stereocenters. The van der Waals surface area contributed by atoms with Gasteiger partial charge in [-0.15, -0.1) is 0 Å². The summed E-state index contributed by atoms with van der Waals surface area (Å²) in [6.45, 7) is 5.12. The molecule has 1 aromatic carbocycles. The van der Waals surface area contributed by atoms with Crippen LogP contribution in [0.1, 0.15) is 12.6 Å². The van der Waals surface area contributed by atoms with Gasteiger partial charge in [0.1, 0.15) is 0 Å². The van der Waals surface area contributed by atoms with Crippen LogP contribution in [0.3, 0.4) is 0 Å². The Kier molecular flexibility index (Phi) is 2.91. The first-order valence-electron chi connectivity index (χ1n) is 5.01. The van der Waals surface area contributed by atoms with E-state index in [2.05, 4.69) is 47.0 Å². The normalized spacial score (nSPS) is 10.6. The summed E-state index contributed by atoms with van der Waals surface area (Å²) >= 11 is 3.56. The fourth-order valence-electron chi connectivity index (χ4n) is 1.71. The zero-order valence-corrected chi connectivity index (χ0v) is 10.5. The van der Waals surface area contributed by atoms with Crippen LogP contribution in [0.15, 0.2) is 34.9 Å². The zero-order chi connectivity index (χ0) is 10.8. The van der Waals surface area contributed by atoms with Crippen molar-refractivity contribution in [3.05, 3.63) is 40.6 Å². The number of hydrogen-bond acceptors (Lipinski definition) is 1. The van der Waals surface area contributed by atoms with Gasteiger partial charge in [-0.2, -0.15) is 5.10 Å². The fourth-order valence-corrected chi connectivity index (χ4v) is 2.21. The first-order valence-corrected chi connectivity index (χ1v) is 5.80. The van der Waals surface area contributed by atoms with Crippen LogP contribution >= 0.6 is 15.9 Å². The van der Waals surface area contributed by atoms with Crippen molar-refractivity contribution in [3.63, 3.8) is 0 Å². The lowest BCUT2D eigenvalue weighted by atomic mass is 10.1. The van der Waals surface area contributed by atoms with Crippen molar-refractivity contribution in [2.45, 2.75) is 20.4 Å². The van der Waals surface area contributed by atoms with E-state index in [-0.39, 0.29) is 0 Å². The molecule has 0 aliphatic heterocycles. The largest absolute Gasteiger partial charge is 0.270 e. The second-order valence-corrected chi connectivity index (χ2v) is 4.29. The van der Waals surface area contributed by atoms with Crippen molar-refractivity contribution >= 4 is 15.9 Å². The SMILES string of the molecule is CCn1ncc(-c2ccccc2Br)c1C. The lowest BCUT2D eigenvalue weighted by molar-refractivity contribution is 0.640. The lowest BCUT2D eigenvalue weighted by Gasteiger charge is -2.04. The van der Waals surface area contributed by atoms with E-state index in [0.717, 1.165) is 11.0 Å². The Hall–Kier alpha value is -1.09. The van der Waals surface area contributed by atoms with Crippen LogP contribution in [0, 0.1) is 6.92 Å². The Labute approximate surface area is 98.1 Å². The molecule has 0 amide bonds. The van der Waals surface area contributed by atoms with Gasteiger partial charge in [0.2, 0.25) is 0 Å². The topological polar surface area (TPSA) is 17.8 Å². The molecule has 0 unspecified atom stereocenters. The maximum Gasteiger partial charge on any atom is 0.0571 e. The number of nitrogens with zero attached hydrogens (tertiary/aromatic N) is 2. The van der Waals surface area contributed by atoms with Gasteiger partial charge in [-0.3, -0.25) is 4.68 Å². The lowest BCUT2D eigenvalue weighted by Crippen LogP contribution is -1.98. The summed E-state index contributed by atoms with van der Waals surface area (Å²) in [5, 5.41) is 4.35. The molecular weight excluding hydrogens is 252 g/mol. The third kappa shape index (κ3) is 1.84. The van der Waals surface area contributed by atoms with Crippen molar-refractivity contribution in [3.8, 4) is 11.1 Å². The van der Waals surface area contributed by atoms with Crippen LogP contribution in [0.5, 0.6) is 0 Å². The Morgan fingerprint density at radius 1 is 1.27 bits per heavy atom. The molecule has 3 heteroatoms. The van der Waals surface area contributed by atoms with Crippen molar-refractivity contribution < 1.29 is 0 Å². The van der Waals surface area contributed by atoms with E-state index in [1.807, 2.05) is 23.0 Å². The van der Waals surface area contributed by atoms with Crippen LogP contribution in [0.4, 0.5) is 0 Å². The van der Waals surface area contributed by atoms with Crippen LogP contribution in [0.25, 0.3) is 11.1 Å². The molecule has 0 aliphatic carbocycles. The highest BCUT2D eigenvalue weighted by molar-refractivity contribution is 9.10. The minimum absolute atomic E-state index is 0.913. The highest BCUT2D eigenvalue weighted by Gasteiger charge is 2.09. The fraction of sp³-hybridized carbons (Fsp3) is 0.250. The number of hydrogen-bond donors (Lipinski definition) is 0. The summed E-state index contributed by atoms with van der Waals surface area (Å²) in [5.41, 5.74) is 3.61. The molecule has 0 saturated heterocycles. The Morgan fingerprint density at radius 3 is 2.60 bits per heavy atom. The summed E-state index contributed by atoms with van der Waals surface area (Å²) < 4.78 is 3.12. The van der Waals surface area contributed by atoms with Gasteiger partial charge in [0.25, 0.3) is 0 Å². The molecule has 78 valence electrons. The standard InChI is InChI=1S/C12H13BrN2/c1-3-15-9(2)11(8-14-15)10-6-4-5-7-12(10)13/h4-8H,3H2,1-2H3. The maximum absolute atomic E-state index is 4.35. The Morgan fingerprint density at radius 2 is 2.00 bits per heavy atom. The molecule has 0 bridgehead atoms. The number of aryl methyl sites for hydroxylation is 1. The molecule has 0 N–H and O–H groups in total. The van der Waals surface area contributed by atoms with Gasteiger partial charge >= 0.3 is 0 Å². The van der Waals surface area contributed by atoms with Gasteiger partial charge in [0.05, 0.1) is 6.20 Å². The summed E-state index contributed by atoms with van der Waals surface area (Å²) in [6.07, 6.45) is 1.93. The Bertz CT molecular complexity index is 474. The average Bonchev–Trinajstić information content (AvgIpc) is 2.60. The molecule has 0 aliphatic rings. The smallest absolute Gasteiger partial charge is 0.0571 e. The van der Waals surface area contributed by atoms with E-state index >= 15 is 0 Å². The van der Waals surface area contributed by atoms with E-state index in [4.69, 9.17) is 0 Å². The van der Waals surface area contributed by atoms with Crippen molar-refractivity contribution in [2.24, 2.45) is 0 Å². The van der Waals surface area contributed by atoms with Crippen molar-refractivity contribution in [1.29, 1.82) is 0 Å². The summed E-state index contributed by atoms with van der Waals surface area (Å²) in [4.78, 5) is 0. The predicted molar refractivity (Wildman–Crippen MR) is 65.8 cm³/mol. The molecule has 0 spiro atoms. The van der Waals surface area contributed by atoms with Crippen LogP contribution in [0.2, 0.25) is 0 Å². The molecule has 1 aromatic heterocycles. The average molecular weight is 265 g/mol. The summed E-state index contributed by atoms with van der Waals surface area (Å²) in [5.74, 6) is 0. The molecular formula is C12H13BrN2. The molecule has 1 heterocycles. The molecule has 0 radical (unpaired) electrons. The van der Waals surface area contributed by atoms with Crippen LogP contribution in [-0.4, -0.2) is 9.78 Å². The predicted octanol–water partition coefficient (Wildman–Crippen LogP) is 3.64. The highest BCUT2D eigenvalue weighted by atomic mass is 79.9. The quantitative estimate of drug-likeness (QED) is 0.810. The van der Waals surface area contributed by atoms with Gasteiger partial charge < -0.3 is 0 Å². The summed E-state index contributed by atoms with van der Waals surface area (Å²) in [6, 6.07) is 8.22. The minimum atomic E-state index is 0.913. The zero-order valence-electron chi connectivity index (χ0n) is 8.87.